The molecule has 2 aliphatic rings. The summed E-state index contributed by atoms with van der Waals surface area (Å²) in [6.45, 7) is 2.80. The van der Waals surface area contributed by atoms with Crippen LogP contribution in [0.2, 0.25) is 5.02 Å². The van der Waals surface area contributed by atoms with Crippen molar-refractivity contribution in [2.45, 2.75) is 31.2 Å². The SMILES string of the molecule is CCN(C(=O)Oc1ccc(F)cc1)[C@]1(C(=O)C2CCN(C(=O)c3ccc(F)cc3)CC2)CNC[C@H]1c1ccc(Cl)c(F)c1. The third kappa shape index (κ3) is 6.12. The first kappa shape index (κ1) is 30.6. The van der Waals surface area contributed by atoms with Crippen molar-refractivity contribution in [1.29, 1.82) is 0 Å². The van der Waals surface area contributed by atoms with Gasteiger partial charge in [0, 0.05) is 50.1 Å². The van der Waals surface area contributed by atoms with Gasteiger partial charge in [-0.1, -0.05) is 17.7 Å². The second kappa shape index (κ2) is 12.8. The Bertz CT molecular complexity index is 1500. The van der Waals surface area contributed by atoms with E-state index in [-0.39, 0.29) is 42.1 Å². The number of ketones is 1. The number of hydrogen-bond acceptors (Lipinski definition) is 5. The Morgan fingerprint density at radius 1 is 0.977 bits per heavy atom. The molecule has 2 amide bonds. The van der Waals surface area contributed by atoms with Crippen LogP contribution in [0.15, 0.2) is 66.7 Å². The Kier molecular flexibility index (Phi) is 9.08. The highest BCUT2D eigenvalue weighted by molar-refractivity contribution is 6.30. The van der Waals surface area contributed by atoms with Crippen molar-refractivity contribution in [3.8, 4) is 5.75 Å². The number of halogens is 4. The van der Waals surface area contributed by atoms with Crippen LogP contribution in [0.4, 0.5) is 18.0 Å². The van der Waals surface area contributed by atoms with Crippen LogP contribution < -0.4 is 10.1 Å². The topological polar surface area (TPSA) is 79.0 Å². The van der Waals surface area contributed by atoms with E-state index in [9.17, 15) is 27.6 Å². The first-order chi connectivity index (χ1) is 20.6. The smallest absolute Gasteiger partial charge is 0.410 e. The quantitative estimate of drug-likeness (QED) is 0.363. The molecule has 0 aromatic heterocycles. The van der Waals surface area contributed by atoms with E-state index in [4.69, 9.17) is 16.3 Å². The third-order valence-corrected chi connectivity index (χ3v) is 8.68. The van der Waals surface area contributed by atoms with Crippen molar-refractivity contribution in [2.24, 2.45) is 5.92 Å². The average Bonchev–Trinajstić information content (AvgIpc) is 3.45. The van der Waals surface area contributed by atoms with Gasteiger partial charge in [0.1, 0.15) is 28.7 Å². The van der Waals surface area contributed by atoms with Crippen LogP contribution in [-0.4, -0.2) is 65.8 Å². The molecule has 0 saturated carbocycles. The summed E-state index contributed by atoms with van der Waals surface area (Å²) in [5, 5.41) is 3.18. The van der Waals surface area contributed by atoms with Gasteiger partial charge in [0.05, 0.1) is 5.02 Å². The van der Waals surface area contributed by atoms with Gasteiger partial charge in [-0.3, -0.25) is 14.5 Å². The fourth-order valence-corrected chi connectivity index (χ4v) is 6.32. The van der Waals surface area contributed by atoms with Gasteiger partial charge in [-0.25, -0.2) is 18.0 Å². The summed E-state index contributed by atoms with van der Waals surface area (Å²) < 4.78 is 47.1. The van der Waals surface area contributed by atoms with Crippen molar-refractivity contribution in [2.75, 3.05) is 32.7 Å². The molecule has 2 heterocycles. The van der Waals surface area contributed by atoms with E-state index in [1.54, 1.807) is 17.9 Å². The number of likely N-dealkylation sites (tertiary alicyclic amines) is 1. The maximum Gasteiger partial charge on any atom is 0.416 e. The van der Waals surface area contributed by atoms with Crippen LogP contribution in [0.1, 0.15) is 41.6 Å². The molecule has 0 radical (unpaired) electrons. The number of nitrogens with zero attached hydrogens (tertiary/aromatic N) is 2. The van der Waals surface area contributed by atoms with Crippen LogP contribution in [0.5, 0.6) is 5.75 Å². The molecule has 0 aliphatic carbocycles. The molecular formula is C32H31ClF3N3O4. The molecule has 2 saturated heterocycles. The van der Waals surface area contributed by atoms with E-state index in [2.05, 4.69) is 5.32 Å². The van der Waals surface area contributed by atoms with E-state index in [1.807, 2.05) is 0 Å². The zero-order valence-corrected chi connectivity index (χ0v) is 24.3. The molecule has 3 aromatic rings. The Morgan fingerprint density at radius 2 is 1.60 bits per heavy atom. The van der Waals surface area contributed by atoms with Crippen LogP contribution in [0, 0.1) is 23.4 Å². The number of nitrogens with one attached hydrogen (secondary N) is 1. The molecule has 11 heteroatoms. The molecule has 226 valence electrons. The monoisotopic (exact) mass is 613 g/mol. The van der Waals surface area contributed by atoms with E-state index in [1.165, 1.54) is 53.4 Å². The molecule has 7 nitrogen and oxygen atoms in total. The summed E-state index contributed by atoms with van der Waals surface area (Å²) in [5.74, 6) is -3.08. The number of carbonyl (C=O) groups is 3. The van der Waals surface area contributed by atoms with Crippen LogP contribution in [0.3, 0.4) is 0 Å². The van der Waals surface area contributed by atoms with Gasteiger partial charge < -0.3 is 15.0 Å². The number of Topliss-reactive ketones (excluding diaryl/α,β-unsaturated/α-hetero) is 1. The highest BCUT2D eigenvalue weighted by Gasteiger charge is 2.57. The third-order valence-electron chi connectivity index (χ3n) is 8.37. The molecular weight excluding hydrogens is 583 g/mol. The maximum atomic E-state index is 14.7. The van der Waals surface area contributed by atoms with Crippen molar-refractivity contribution < 1.29 is 32.3 Å². The van der Waals surface area contributed by atoms with Crippen molar-refractivity contribution >= 4 is 29.4 Å². The number of carbonyl (C=O) groups excluding carboxylic acids is 3. The van der Waals surface area contributed by atoms with E-state index in [0.717, 1.165) is 12.1 Å². The van der Waals surface area contributed by atoms with E-state index in [0.29, 0.717) is 37.1 Å². The zero-order valence-electron chi connectivity index (χ0n) is 23.5. The number of benzene rings is 3. The minimum Gasteiger partial charge on any atom is -0.410 e. The summed E-state index contributed by atoms with van der Waals surface area (Å²) in [6.07, 6.45) is -0.103. The molecule has 43 heavy (non-hydrogen) atoms. The van der Waals surface area contributed by atoms with Crippen LogP contribution in [-0.2, 0) is 4.79 Å². The fraction of sp³-hybridized carbons (Fsp3) is 0.344. The number of amides is 2. The number of hydrogen-bond donors (Lipinski definition) is 1. The predicted octanol–water partition coefficient (Wildman–Crippen LogP) is 5.83. The Labute approximate surface area is 252 Å². The first-order valence-electron chi connectivity index (χ1n) is 14.1. The molecule has 0 bridgehead atoms. The lowest BCUT2D eigenvalue weighted by molar-refractivity contribution is -0.135. The lowest BCUT2D eigenvalue weighted by Crippen LogP contribution is -2.64. The Balaban J connectivity index is 1.44. The summed E-state index contributed by atoms with van der Waals surface area (Å²) in [6, 6.07) is 14.6. The standard InChI is InChI=1S/C32H31ClF3N3O4/c1-2-39(31(42)43-25-10-8-24(35)9-11-25)32(19-37-18-26(32)22-5-12-27(33)28(36)17-22)29(40)20-13-15-38(16-14-20)30(41)21-3-6-23(34)7-4-21/h3-12,17,20,26,37H,2,13-16,18-19H2,1H3/t26-,32+/m0/s1. The predicted molar refractivity (Wildman–Crippen MR) is 155 cm³/mol. The molecule has 3 aromatic carbocycles. The highest BCUT2D eigenvalue weighted by atomic mass is 35.5. The van der Waals surface area contributed by atoms with Gasteiger partial charge in [0.2, 0.25) is 0 Å². The fourth-order valence-electron chi connectivity index (χ4n) is 6.20. The molecule has 2 fully saturated rings. The van der Waals surface area contributed by atoms with Gasteiger partial charge in [-0.2, -0.15) is 0 Å². The molecule has 2 aliphatic heterocycles. The number of likely N-dealkylation sites (N-methyl/N-ethyl adjacent to an activating group) is 1. The van der Waals surface area contributed by atoms with Crippen LogP contribution in [0.25, 0.3) is 0 Å². The number of piperidine rings is 1. The lowest BCUT2D eigenvalue weighted by atomic mass is 9.71. The van der Waals surface area contributed by atoms with E-state index >= 15 is 0 Å². The number of rotatable bonds is 7. The lowest BCUT2D eigenvalue weighted by Gasteiger charge is -2.45. The van der Waals surface area contributed by atoms with Crippen LogP contribution >= 0.6 is 11.6 Å². The van der Waals surface area contributed by atoms with Gasteiger partial charge in [-0.15, -0.1) is 0 Å². The van der Waals surface area contributed by atoms with Crippen molar-refractivity contribution in [1.82, 2.24) is 15.1 Å². The van der Waals surface area contributed by atoms with Gasteiger partial charge in [-0.05, 0) is 86.0 Å². The summed E-state index contributed by atoms with van der Waals surface area (Å²) in [5.41, 5.74) is -0.592. The summed E-state index contributed by atoms with van der Waals surface area (Å²) in [7, 11) is 0. The minimum absolute atomic E-state index is 0.0621. The van der Waals surface area contributed by atoms with Gasteiger partial charge in [0.15, 0.2) is 5.78 Å². The summed E-state index contributed by atoms with van der Waals surface area (Å²) >= 11 is 5.96. The van der Waals surface area contributed by atoms with Gasteiger partial charge in [0.25, 0.3) is 5.91 Å². The molecule has 2 atom stereocenters. The molecule has 0 spiro atoms. The second-order valence-electron chi connectivity index (χ2n) is 10.8. The molecule has 0 unspecified atom stereocenters. The average molecular weight is 614 g/mol. The first-order valence-corrected chi connectivity index (χ1v) is 14.5. The zero-order chi connectivity index (χ0) is 30.7. The highest BCUT2D eigenvalue weighted by Crippen LogP contribution is 2.42. The largest absolute Gasteiger partial charge is 0.416 e. The Morgan fingerprint density at radius 3 is 2.21 bits per heavy atom. The second-order valence-corrected chi connectivity index (χ2v) is 11.2. The normalized spacial score (nSPS) is 20.6. The summed E-state index contributed by atoms with van der Waals surface area (Å²) in [4.78, 5) is 44.3. The maximum absolute atomic E-state index is 14.7. The Hall–Kier alpha value is -3.89. The van der Waals surface area contributed by atoms with Crippen molar-refractivity contribution in [3.05, 3.63) is 100 Å². The molecule has 1 N–H and O–H groups in total. The van der Waals surface area contributed by atoms with E-state index < -0.39 is 40.9 Å². The molecule has 5 rings (SSSR count). The minimum atomic E-state index is -1.44. The van der Waals surface area contributed by atoms with Crippen molar-refractivity contribution in [3.63, 3.8) is 0 Å². The van der Waals surface area contributed by atoms with Gasteiger partial charge >= 0.3 is 6.09 Å². The number of ether oxygens (including phenoxy) is 1.